The van der Waals surface area contributed by atoms with Crippen molar-refractivity contribution in [3.63, 3.8) is 0 Å². The summed E-state index contributed by atoms with van der Waals surface area (Å²) in [5, 5.41) is 6.76. The third kappa shape index (κ3) is 2.87. The van der Waals surface area contributed by atoms with Gasteiger partial charge in [0, 0.05) is 13.1 Å². The fourth-order valence-corrected chi connectivity index (χ4v) is 4.67. The molecule has 0 spiro atoms. The number of H-pyrrole nitrogens is 1. The van der Waals surface area contributed by atoms with Gasteiger partial charge in [-0.2, -0.15) is 9.40 Å². The molecule has 0 aliphatic heterocycles. The number of aromatic nitrogens is 2. The predicted octanol–water partition coefficient (Wildman–Crippen LogP) is 2.27. The highest BCUT2D eigenvalue weighted by Crippen LogP contribution is 2.36. The Balaban J connectivity index is 1.91. The van der Waals surface area contributed by atoms with Crippen LogP contribution in [-0.2, 0) is 15.9 Å². The molecule has 112 valence electrons. The maximum absolute atomic E-state index is 12.9. The first kappa shape index (κ1) is 14.4. The molecule has 0 bridgehead atoms. The summed E-state index contributed by atoms with van der Waals surface area (Å²) in [5.74, 6) is 1.19. The van der Waals surface area contributed by atoms with E-state index in [2.05, 4.69) is 10.2 Å². The predicted molar refractivity (Wildman–Crippen MR) is 77.1 cm³/mol. The van der Waals surface area contributed by atoms with E-state index in [4.69, 9.17) is 11.6 Å². The molecular weight excluding hydrogens is 298 g/mol. The highest BCUT2D eigenvalue weighted by molar-refractivity contribution is 7.89. The molecule has 0 aromatic carbocycles. The topological polar surface area (TPSA) is 66.1 Å². The van der Waals surface area contributed by atoms with Crippen LogP contribution >= 0.6 is 11.6 Å². The zero-order valence-electron chi connectivity index (χ0n) is 11.6. The van der Waals surface area contributed by atoms with Crippen molar-refractivity contribution < 1.29 is 8.42 Å². The number of hydrogen-bond donors (Lipinski definition) is 1. The quantitative estimate of drug-likeness (QED) is 0.784. The lowest BCUT2D eigenvalue weighted by Gasteiger charge is -2.22. The highest BCUT2D eigenvalue weighted by atomic mass is 35.5. The smallest absolute Gasteiger partial charge is 0.246 e. The number of nitrogens with one attached hydrogen (secondary N) is 1. The molecular formula is C13H20ClN3O2S. The molecule has 1 N–H and O–H groups in total. The van der Waals surface area contributed by atoms with E-state index in [0.29, 0.717) is 36.3 Å². The molecule has 5 nitrogen and oxygen atoms in total. The molecule has 0 atom stereocenters. The van der Waals surface area contributed by atoms with E-state index in [0.717, 1.165) is 25.7 Å². The first-order valence-electron chi connectivity index (χ1n) is 7.12. The van der Waals surface area contributed by atoms with Gasteiger partial charge in [-0.1, -0.05) is 0 Å². The van der Waals surface area contributed by atoms with Crippen LogP contribution in [0.1, 0.15) is 37.1 Å². The highest BCUT2D eigenvalue weighted by Gasteiger charge is 2.37. The lowest BCUT2D eigenvalue weighted by Crippen LogP contribution is -2.35. The minimum Gasteiger partial charge on any atom is -0.281 e. The maximum Gasteiger partial charge on any atom is 0.246 e. The molecule has 0 unspecified atom stereocenters. The van der Waals surface area contributed by atoms with Gasteiger partial charge in [0.2, 0.25) is 10.0 Å². The van der Waals surface area contributed by atoms with Gasteiger partial charge in [-0.3, -0.25) is 5.10 Å². The summed E-state index contributed by atoms with van der Waals surface area (Å²) in [7, 11) is -3.49. The molecule has 2 aliphatic rings. The fourth-order valence-electron chi connectivity index (χ4n) is 2.48. The summed E-state index contributed by atoms with van der Waals surface area (Å²) in [5.41, 5.74) is 1.01. The number of aromatic amines is 1. The van der Waals surface area contributed by atoms with Crippen LogP contribution in [0.25, 0.3) is 0 Å². The number of alkyl halides is 1. The van der Waals surface area contributed by atoms with Gasteiger partial charge in [-0.05, 0) is 44.4 Å². The van der Waals surface area contributed by atoms with Crippen molar-refractivity contribution in [2.75, 3.05) is 13.1 Å². The first-order chi connectivity index (χ1) is 9.52. The van der Waals surface area contributed by atoms with E-state index < -0.39 is 10.0 Å². The molecule has 1 aromatic heterocycles. The zero-order valence-corrected chi connectivity index (χ0v) is 13.2. The van der Waals surface area contributed by atoms with Crippen LogP contribution in [-0.4, -0.2) is 36.0 Å². The van der Waals surface area contributed by atoms with Crippen LogP contribution in [0.15, 0.2) is 4.90 Å². The molecule has 2 fully saturated rings. The van der Waals surface area contributed by atoms with Gasteiger partial charge < -0.3 is 0 Å². The van der Waals surface area contributed by atoms with Crippen molar-refractivity contribution in [2.24, 2.45) is 11.8 Å². The van der Waals surface area contributed by atoms with E-state index in [9.17, 15) is 8.42 Å². The molecule has 0 amide bonds. The second-order valence-corrected chi connectivity index (χ2v) is 8.11. The van der Waals surface area contributed by atoms with Crippen LogP contribution < -0.4 is 0 Å². The lowest BCUT2D eigenvalue weighted by atomic mass is 10.4. The minimum atomic E-state index is -3.49. The SMILES string of the molecule is Cc1[nH]nc(CCl)c1S(=O)(=O)N(CC1CC1)CC1CC1. The Morgan fingerprint density at radius 1 is 1.25 bits per heavy atom. The normalized spacial score (nSPS) is 19.8. The molecule has 20 heavy (non-hydrogen) atoms. The zero-order chi connectivity index (χ0) is 14.3. The van der Waals surface area contributed by atoms with Crippen molar-refractivity contribution in [1.29, 1.82) is 0 Å². The number of rotatable bonds is 7. The van der Waals surface area contributed by atoms with Gasteiger partial charge in [0.1, 0.15) is 4.90 Å². The summed E-state index contributed by atoms with van der Waals surface area (Å²) in [4.78, 5) is 0.286. The summed E-state index contributed by atoms with van der Waals surface area (Å²) in [6.45, 7) is 3.03. The Bertz CT molecular complexity index is 577. The van der Waals surface area contributed by atoms with Crippen LogP contribution in [0.4, 0.5) is 0 Å². The number of nitrogens with zero attached hydrogens (tertiary/aromatic N) is 2. The summed E-state index contributed by atoms with van der Waals surface area (Å²) < 4.78 is 27.5. The average Bonchev–Trinajstić information content (AvgIpc) is 3.30. The third-order valence-electron chi connectivity index (χ3n) is 4.00. The number of aryl methyl sites for hydroxylation is 1. The molecule has 0 radical (unpaired) electrons. The fraction of sp³-hybridized carbons (Fsp3) is 0.769. The van der Waals surface area contributed by atoms with Gasteiger partial charge in [-0.15, -0.1) is 11.6 Å². The molecule has 7 heteroatoms. The Morgan fingerprint density at radius 3 is 2.25 bits per heavy atom. The van der Waals surface area contributed by atoms with Gasteiger partial charge in [-0.25, -0.2) is 8.42 Å². The molecule has 2 saturated carbocycles. The van der Waals surface area contributed by atoms with E-state index in [-0.39, 0.29) is 10.8 Å². The molecule has 1 heterocycles. The standard InChI is InChI=1S/C13H20ClN3O2S/c1-9-13(12(6-14)16-15-9)20(18,19)17(7-10-2-3-10)8-11-4-5-11/h10-11H,2-8H2,1H3,(H,15,16). The second kappa shape index (κ2) is 5.31. The Labute approximate surface area is 124 Å². The van der Waals surface area contributed by atoms with Crippen molar-refractivity contribution in [1.82, 2.24) is 14.5 Å². The second-order valence-electron chi connectivity index (χ2n) is 5.97. The van der Waals surface area contributed by atoms with Crippen LogP contribution in [0, 0.1) is 18.8 Å². The summed E-state index contributed by atoms with van der Waals surface area (Å²) in [6, 6.07) is 0. The monoisotopic (exact) mass is 317 g/mol. The third-order valence-corrected chi connectivity index (χ3v) is 6.29. The van der Waals surface area contributed by atoms with Gasteiger partial charge in [0.05, 0.1) is 17.3 Å². The Morgan fingerprint density at radius 2 is 1.80 bits per heavy atom. The van der Waals surface area contributed by atoms with Crippen molar-refractivity contribution in [2.45, 2.75) is 43.4 Å². The van der Waals surface area contributed by atoms with Gasteiger partial charge in [0.25, 0.3) is 0 Å². The van der Waals surface area contributed by atoms with E-state index in [1.54, 1.807) is 11.2 Å². The number of halogens is 1. The Kier molecular flexibility index (Phi) is 3.81. The van der Waals surface area contributed by atoms with Crippen molar-refractivity contribution in [3.05, 3.63) is 11.4 Å². The number of sulfonamides is 1. The average molecular weight is 318 g/mol. The first-order valence-corrected chi connectivity index (χ1v) is 9.09. The van der Waals surface area contributed by atoms with E-state index >= 15 is 0 Å². The molecule has 3 rings (SSSR count). The Hall–Kier alpha value is -0.590. The maximum atomic E-state index is 12.9. The minimum absolute atomic E-state index is 0.111. The van der Waals surface area contributed by atoms with Crippen LogP contribution in [0.3, 0.4) is 0 Å². The van der Waals surface area contributed by atoms with Gasteiger partial charge >= 0.3 is 0 Å². The van der Waals surface area contributed by atoms with Crippen LogP contribution in [0.5, 0.6) is 0 Å². The van der Waals surface area contributed by atoms with E-state index in [1.165, 1.54) is 0 Å². The lowest BCUT2D eigenvalue weighted by molar-refractivity contribution is 0.381. The van der Waals surface area contributed by atoms with Crippen molar-refractivity contribution >= 4 is 21.6 Å². The van der Waals surface area contributed by atoms with Gasteiger partial charge in [0.15, 0.2) is 0 Å². The number of hydrogen-bond acceptors (Lipinski definition) is 3. The largest absolute Gasteiger partial charge is 0.281 e. The summed E-state index contributed by atoms with van der Waals surface area (Å²) >= 11 is 5.83. The van der Waals surface area contributed by atoms with E-state index in [1.807, 2.05) is 0 Å². The van der Waals surface area contributed by atoms with Crippen LogP contribution in [0.2, 0.25) is 0 Å². The van der Waals surface area contributed by atoms with Crippen molar-refractivity contribution in [3.8, 4) is 0 Å². The summed E-state index contributed by atoms with van der Waals surface area (Å²) in [6.07, 6.45) is 4.57. The molecule has 2 aliphatic carbocycles. The molecule has 1 aromatic rings. The molecule has 0 saturated heterocycles.